The minimum atomic E-state index is -1.31. The van der Waals surface area contributed by atoms with Crippen LogP contribution in [0.1, 0.15) is 31.9 Å². The summed E-state index contributed by atoms with van der Waals surface area (Å²) in [5, 5.41) is 0. The first kappa shape index (κ1) is 13.0. The number of hydrogen-bond acceptors (Lipinski definition) is 0. The summed E-state index contributed by atoms with van der Waals surface area (Å²) >= 11 is 0. The first-order chi connectivity index (χ1) is 7.15. The number of hydrogen-bond donors (Lipinski definition) is 0. The zero-order valence-electron chi connectivity index (χ0n) is 9.72. The molecule has 0 fully saturated rings. The van der Waals surface area contributed by atoms with E-state index in [1.54, 1.807) is 20.8 Å². The molecule has 0 aliphatic carbocycles. The van der Waals surface area contributed by atoms with E-state index in [1.807, 2.05) is 0 Å². The van der Waals surface area contributed by atoms with Crippen LogP contribution in [0.15, 0.2) is 0 Å². The molecule has 0 atom stereocenters. The van der Waals surface area contributed by atoms with E-state index in [1.165, 1.54) is 0 Å². The van der Waals surface area contributed by atoms with Crippen LogP contribution >= 0.6 is 0 Å². The van der Waals surface area contributed by atoms with Crippen molar-refractivity contribution in [1.82, 2.24) is 0 Å². The fourth-order valence-electron chi connectivity index (χ4n) is 1.47. The van der Waals surface area contributed by atoms with E-state index < -0.39 is 39.8 Å². The van der Waals surface area contributed by atoms with Crippen molar-refractivity contribution in [2.45, 2.75) is 34.1 Å². The van der Waals surface area contributed by atoms with E-state index in [4.69, 9.17) is 0 Å². The third-order valence-corrected chi connectivity index (χ3v) is 2.28. The first-order valence-electron chi connectivity index (χ1n) is 4.96. The highest BCUT2D eigenvalue weighted by Gasteiger charge is 2.25. The molecule has 0 spiro atoms. The molecule has 0 saturated heterocycles. The highest BCUT2D eigenvalue weighted by molar-refractivity contribution is 5.29. The SMILES string of the molecule is Cc1c(F)c(F)c(CC(C)(C)C)c(F)c1F. The quantitative estimate of drug-likeness (QED) is 0.506. The van der Waals surface area contributed by atoms with Gasteiger partial charge in [-0.3, -0.25) is 0 Å². The molecule has 1 rings (SSSR count). The Bertz CT molecular complexity index is 387. The van der Waals surface area contributed by atoms with Crippen LogP contribution in [0, 0.1) is 35.6 Å². The summed E-state index contributed by atoms with van der Waals surface area (Å²) < 4.78 is 53.4. The van der Waals surface area contributed by atoms with Crippen LogP contribution in [0.25, 0.3) is 0 Å². The summed E-state index contributed by atoms with van der Waals surface area (Å²) in [6.07, 6.45) is -0.0568. The lowest BCUT2D eigenvalue weighted by Crippen LogP contribution is -2.15. The van der Waals surface area contributed by atoms with Gasteiger partial charge in [0.1, 0.15) is 0 Å². The second-order valence-corrected chi connectivity index (χ2v) is 5.10. The Hall–Kier alpha value is -1.06. The maximum absolute atomic E-state index is 13.5. The lowest BCUT2D eigenvalue weighted by molar-refractivity contribution is 0.369. The summed E-state index contributed by atoms with van der Waals surface area (Å²) in [6.45, 7) is 6.22. The van der Waals surface area contributed by atoms with E-state index in [9.17, 15) is 17.6 Å². The van der Waals surface area contributed by atoms with Gasteiger partial charge in [-0.15, -0.1) is 0 Å². The van der Waals surface area contributed by atoms with Crippen molar-refractivity contribution in [2.24, 2.45) is 5.41 Å². The lowest BCUT2D eigenvalue weighted by atomic mass is 9.87. The van der Waals surface area contributed by atoms with Gasteiger partial charge >= 0.3 is 0 Å². The van der Waals surface area contributed by atoms with Gasteiger partial charge in [0.15, 0.2) is 23.3 Å². The molecule has 16 heavy (non-hydrogen) atoms. The van der Waals surface area contributed by atoms with Crippen molar-refractivity contribution in [3.8, 4) is 0 Å². The van der Waals surface area contributed by atoms with Crippen molar-refractivity contribution in [3.05, 3.63) is 34.4 Å². The fraction of sp³-hybridized carbons (Fsp3) is 0.500. The molecular formula is C12H14F4. The molecule has 0 N–H and O–H groups in total. The van der Waals surface area contributed by atoms with Gasteiger partial charge in [-0.2, -0.15) is 0 Å². The molecule has 0 unspecified atom stereocenters. The molecule has 0 amide bonds. The maximum atomic E-state index is 13.5. The fourth-order valence-corrected chi connectivity index (χ4v) is 1.47. The minimum Gasteiger partial charge on any atom is -0.203 e. The van der Waals surface area contributed by atoms with Gasteiger partial charge < -0.3 is 0 Å². The topological polar surface area (TPSA) is 0 Å². The average molecular weight is 234 g/mol. The van der Waals surface area contributed by atoms with Gasteiger partial charge in [-0.05, 0) is 18.8 Å². The van der Waals surface area contributed by atoms with E-state index in [-0.39, 0.29) is 6.42 Å². The van der Waals surface area contributed by atoms with Gasteiger partial charge in [0, 0.05) is 11.1 Å². The third-order valence-electron chi connectivity index (χ3n) is 2.28. The normalized spacial score (nSPS) is 12.0. The van der Waals surface area contributed by atoms with E-state index in [0.717, 1.165) is 6.92 Å². The summed E-state index contributed by atoms with van der Waals surface area (Å²) in [6, 6.07) is 0. The number of benzene rings is 1. The molecule has 1 aromatic rings. The van der Waals surface area contributed by atoms with E-state index in [2.05, 4.69) is 0 Å². The number of rotatable bonds is 1. The third kappa shape index (κ3) is 2.36. The Kier molecular flexibility index (Phi) is 3.31. The van der Waals surface area contributed by atoms with Gasteiger partial charge in [0.05, 0.1) is 0 Å². The molecule has 0 nitrogen and oxygen atoms in total. The predicted molar refractivity (Wildman–Crippen MR) is 54.2 cm³/mol. The summed E-state index contributed by atoms with van der Waals surface area (Å²) in [5.74, 6) is -5.19. The Labute approximate surface area is 92.3 Å². The van der Waals surface area contributed by atoms with Crippen LogP contribution in [-0.2, 0) is 6.42 Å². The Morgan fingerprint density at radius 1 is 0.812 bits per heavy atom. The second kappa shape index (κ2) is 4.07. The monoisotopic (exact) mass is 234 g/mol. The van der Waals surface area contributed by atoms with E-state index in [0.29, 0.717) is 0 Å². The van der Waals surface area contributed by atoms with Crippen molar-refractivity contribution < 1.29 is 17.6 Å². The van der Waals surface area contributed by atoms with Crippen molar-refractivity contribution in [3.63, 3.8) is 0 Å². The van der Waals surface area contributed by atoms with Crippen LogP contribution in [0.4, 0.5) is 17.6 Å². The molecule has 0 saturated carbocycles. The largest absolute Gasteiger partial charge is 0.203 e. The lowest BCUT2D eigenvalue weighted by Gasteiger charge is -2.19. The Balaban J connectivity index is 3.40. The molecule has 0 aromatic heterocycles. The van der Waals surface area contributed by atoms with Gasteiger partial charge in [0.2, 0.25) is 0 Å². The zero-order valence-corrected chi connectivity index (χ0v) is 9.72. The number of halogens is 4. The first-order valence-corrected chi connectivity index (χ1v) is 4.96. The van der Waals surface area contributed by atoms with Crippen LogP contribution in [-0.4, -0.2) is 0 Å². The van der Waals surface area contributed by atoms with Gasteiger partial charge in [-0.25, -0.2) is 17.6 Å². The van der Waals surface area contributed by atoms with Crippen LogP contribution in [0.5, 0.6) is 0 Å². The maximum Gasteiger partial charge on any atom is 0.165 e. The smallest absolute Gasteiger partial charge is 0.165 e. The highest BCUT2D eigenvalue weighted by atomic mass is 19.2. The molecule has 4 heteroatoms. The van der Waals surface area contributed by atoms with Crippen molar-refractivity contribution >= 4 is 0 Å². The summed E-state index contributed by atoms with van der Waals surface area (Å²) in [7, 11) is 0. The standard InChI is InChI=1S/C12H14F4/c1-6-8(13)10(15)7(5-12(2,3)4)11(16)9(6)14/h5H2,1-4H3. The Morgan fingerprint density at radius 3 is 1.50 bits per heavy atom. The molecule has 0 aliphatic rings. The summed E-state index contributed by atoms with van der Waals surface area (Å²) in [5.41, 5.74) is -1.59. The molecule has 1 aromatic carbocycles. The van der Waals surface area contributed by atoms with Crippen LogP contribution < -0.4 is 0 Å². The molecule has 0 bridgehead atoms. The second-order valence-electron chi connectivity index (χ2n) is 5.10. The van der Waals surface area contributed by atoms with Crippen LogP contribution in [0.2, 0.25) is 0 Å². The Morgan fingerprint density at radius 2 is 1.19 bits per heavy atom. The predicted octanol–water partition coefficient (Wildman–Crippen LogP) is 4.14. The molecule has 90 valence electrons. The van der Waals surface area contributed by atoms with Crippen molar-refractivity contribution in [1.29, 1.82) is 0 Å². The highest BCUT2D eigenvalue weighted by Crippen LogP contribution is 2.29. The molecule has 0 aliphatic heterocycles. The van der Waals surface area contributed by atoms with Gasteiger partial charge in [-0.1, -0.05) is 20.8 Å². The van der Waals surface area contributed by atoms with E-state index >= 15 is 0 Å². The zero-order chi connectivity index (χ0) is 12.7. The molecule has 0 heterocycles. The summed E-state index contributed by atoms with van der Waals surface area (Å²) in [4.78, 5) is 0. The average Bonchev–Trinajstić information content (AvgIpc) is 2.17. The minimum absolute atomic E-state index is 0.0568. The van der Waals surface area contributed by atoms with Gasteiger partial charge in [0.25, 0.3) is 0 Å². The molecular weight excluding hydrogens is 220 g/mol. The van der Waals surface area contributed by atoms with Crippen LogP contribution in [0.3, 0.4) is 0 Å². The molecule has 0 radical (unpaired) electrons. The van der Waals surface area contributed by atoms with Crippen molar-refractivity contribution in [2.75, 3.05) is 0 Å².